The van der Waals surface area contributed by atoms with Gasteiger partial charge in [-0.1, -0.05) is 36.4 Å². The van der Waals surface area contributed by atoms with E-state index in [2.05, 4.69) is 10.6 Å². The molecule has 0 saturated carbocycles. The predicted molar refractivity (Wildman–Crippen MR) is 138 cm³/mol. The molecule has 4 rings (SSSR count). The van der Waals surface area contributed by atoms with Gasteiger partial charge in [0, 0.05) is 21.5 Å². The molecule has 2 aromatic carbocycles. The molecule has 0 aliphatic carbocycles. The normalized spacial score (nSPS) is 10.5. The number of benzene rings is 2. The number of furan rings is 1. The fourth-order valence-electron chi connectivity index (χ4n) is 3.26. The van der Waals surface area contributed by atoms with E-state index in [0.29, 0.717) is 16.3 Å². The number of hydrogen-bond donors (Lipinski definition) is 2. The second kappa shape index (κ2) is 11.5. The zero-order valence-corrected chi connectivity index (χ0v) is 20.4. The second-order valence-electron chi connectivity index (χ2n) is 7.24. The standard InChI is InChI=1S/C26H22N2O5S2/c1-2-32-26(31)23-20(17-8-4-3-5-9-17)15-35-25(23)28-22(29)16-34-19-11-6-10-18(14-19)27-24(30)21-12-7-13-33-21/h3-15H,2,16H2,1H3,(H,27,30)(H,28,29). The maximum atomic E-state index is 12.7. The molecule has 0 unspecified atom stereocenters. The first-order chi connectivity index (χ1) is 17.0. The highest BCUT2D eigenvalue weighted by molar-refractivity contribution is 8.00. The molecule has 9 heteroatoms. The summed E-state index contributed by atoms with van der Waals surface area (Å²) < 4.78 is 10.3. The zero-order chi connectivity index (χ0) is 24.6. The van der Waals surface area contributed by atoms with E-state index in [1.54, 1.807) is 37.3 Å². The van der Waals surface area contributed by atoms with E-state index in [1.165, 1.54) is 29.4 Å². The van der Waals surface area contributed by atoms with Gasteiger partial charge in [0.1, 0.15) is 10.6 Å². The lowest BCUT2D eigenvalue weighted by atomic mass is 10.0. The molecule has 2 N–H and O–H groups in total. The van der Waals surface area contributed by atoms with Crippen LogP contribution in [0.1, 0.15) is 27.8 Å². The molecule has 0 aliphatic rings. The van der Waals surface area contributed by atoms with E-state index in [1.807, 2.05) is 41.8 Å². The first kappa shape index (κ1) is 24.3. The Kier molecular flexibility index (Phi) is 8.02. The minimum absolute atomic E-state index is 0.121. The van der Waals surface area contributed by atoms with Gasteiger partial charge >= 0.3 is 5.97 Å². The van der Waals surface area contributed by atoms with Crippen molar-refractivity contribution in [1.29, 1.82) is 0 Å². The van der Waals surface area contributed by atoms with Crippen LogP contribution in [0.3, 0.4) is 0 Å². The molecule has 0 bridgehead atoms. The number of thiophene rings is 1. The minimum atomic E-state index is -0.476. The number of carbonyl (C=O) groups is 3. The Hall–Kier alpha value is -3.82. The quantitative estimate of drug-likeness (QED) is 0.208. The Morgan fingerprint density at radius 3 is 2.57 bits per heavy atom. The molecule has 0 atom stereocenters. The topological polar surface area (TPSA) is 97.6 Å². The summed E-state index contributed by atoms with van der Waals surface area (Å²) in [5, 5.41) is 7.91. The smallest absolute Gasteiger partial charge is 0.341 e. The molecular formula is C26H22N2O5S2. The molecule has 178 valence electrons. The highest BCUT2D eigenvalue weighted by atomic mass is 32.2. The lowest BCUT2D eigenvalue weighted by molar-refractivity contribution is -0.113. The third-order valence-corrected chi connectivity index (χ3v) is 6.70. The maximum Gasteiger partial charge on any atom is 0.341 e. The number of thioether (sulfide) groups is 1. The molecule has 2 heterocycles. The third-order valence-electron chi connectivity index (χ3n) is 4.82. The summed E-state index contributed by atoms with van der Waals surface area (Å²) in [6.07, 6.45) is 1.43. The molecule has 0 saturated heterocycles. The Balaban J connectivity index is 1.42. The van der Waals surface area contributed by atoms with Gasteiger partial charge in [-0.2, -0.15) is 0 Å². The van der Waals surface area contributed by atoms with Crippen molar-refractivity contribution in [3.05, 3.63) is 89.7 Å². The zero-order valence-electron chi connectivity index (χ0n) is 18.8. The van der Waals surface area contributed by atoms with Gasteiger partial charge in [0.05, 0.1) is 18.6 Å². The van der Waals surface area contributed by atoms with E-state index in [-0.39, 0.29) is 29.9 Å². The summed E-state index contributed by atoms with van der Waals surface area (Å²) in [6.45, 7) is 1.98. The summed E-state index contributed by atoms with van der Waals surface area (Å²) in [7, 11) is 0. The number of rotatable bonds is 9. The van der Waals surface area contributed by atoms with E-state index >= 15 is 0 Å². The van der Waals surface area contributed by atoms with Gasteiger partial charge in [-0.25, -0.2) is 4.79 Å². The summed E-state index contributed by atoms with van der Waals surface area (Å²) >= 11 is 2.60. The van der Waals surface area contributed by atoms with Gasteiger partial charge in [0.15, 0.2) is 5.76 Å². The number of esters is 1. The molecule has 2 amide bonds. The van der Waals surface area contributed by atoms with Crippen LogP contribution in [0.15, 0.2) is 87.7 Å². The molecule has 35 heavy (non-hydrogen) atoms. The summed E-state index contributed by atoms with van der Waals surface area (Å²) in [4.78, 5) is 38.4. The Morgan fingerprint density at radius 1 is 1.00 bits per heavy atom. The fraction of sp³-hybridized carbons (Fsp3) is 0.115. The van der Waals surface area contributed by atoms with Crippen molar-refractivity contribution in [2.75, 3.05) is 23.0 Å². The van der Waals surface area contributed by atoms with Gasteiger partial charge in [-0.05, 0) is 42.8 Å². The highest BCUT2D eigenvalue weighted by Gasteiger charge is 2.22. The largest absolute Gasteiger partial charge is 0.462 e. The van der Waals surface area contributed by atoms with Crippen LogP contribution in [-0.4, -0.2) is 30.1 Å². The first-order valence-corrected chi connectivity index (χ1v) is 12.6. The monoisotopic (exact) mass is 506 g/mol. The van der Waals surface area contributed by atoms with E-state index < -0.39 is 5.97 Å². The van der Waals surface area contributed by atoms with Crippen LogP contribution in [0.5, 0.6) is 0 Å². The van der Waals surface area contributed by atoms with Crippen molar-refractivity contribution >= 4 is 51.6 Å². The third kappa shape index (κ3) is 6.20. The molecule has 0 spiro atoms. The molecule has 7 nitrogen and oxygen atoms in total. The second-order valence-corrected chi connectivity index (χ2v) is 9.16. The number of carbonyl (C=O) groups excluding carboxylic acids is 3. The van der Waals surface area contributed by atoms with Gasteiger partial charge in [0.25, 0.3) is 5.91 Å². The number of nitrogens with one attached hydrogen (secondary N) is 2. The molecular weight excluding hydrogens is 484 g/mol. The summed E-state index contributed by atoms with van der Waals surface area (Å²) in [6, 6.07) is 19.9. The predicted octanol–water partition coefficient (Wildman–Crippen LogP) is 6.17. The lowest BCUT2D eigenvalue weighted by Crippen LogP contribution is -2.16. The number of amides is 2. The lowest BCUT2D eigenvalue weighted by Gasteiger charge is -2.09. The van der Waals surface area contributed by atoms with Crippen molar-refractivity contribution in [3.63, 3.8) is 0 Å². The van der Waals surface area contributed by atoms with Crippen molar-refractivity contribution in [3.8, 4) is 11.1 Å². The molecule has 4 aromatic rings. The fourth-order valence-corrected chi connectivity index (χ4v) is 4.99. The Bertz CT molecular complexity index is 1320. The van der Waals surface area contributed by atoms with Gasteiger partial charge in [0.2, 0.25) is 5.91 Å². The molecule has 2 aromatic heterocycles. The minimum Gasteiger partial charge on any atom is -0.462 e. The average molecular weight is 507 g/mol. The molecule has 0 radical (unpaired) electrons. The molecule has 0 fully saturated rings. The van der Waals surface area contributed by atoms with Crippen LogP contribution in [-0.2, 0) is 9.53 Å². The molecule has 0 aliphatic heterocycles. The average Bonchev–Trinajstić information content (AvgIpc) is 3.54. The van der Waals surface area contributed by atoms with Crippen LogP contribution in [0, 0.1) is 0 Å². The van der Waals surface area contributed by atoms with Crippen molar-refractivity contribution in [2.45, 2.75) is 11.8 Å². The highest BCUT2D eigenvalue weighted by Crippen LogP contribution is 2.36. The number of anilines is 2. The van der Waals surface area contributed by atoms with Crippen LogP contribution in [0.2, 0.25) is 0 Å². The summed E-state index contributed by atoms with van der Waals surface area (Å²) in [5.41, 5.74) is 2.53. The summed E-state index contributed by atoms with van der Waals surface area (Å²) in [5.74, 6) is -0.752. The van der Waals surface area contributed by atoms with Crippen LogP contribution >= 0.6 is 23.1 Å². The van der Waals surface area contributed by atoms with Crippen LogP contribution < -0.4 is 10.6 Å². The van der Waals surface area contributed by atoms with Crippen molar-refractivity contribution in [1.82, 2.24) is 0 Å². The maximum absolute atomic E-state index is 12.7. The Morgan fingerprint density at radius 2 is 1.83 bits per heavy atom. The van der Waals surface area contributed by atoms with E-state index in [9.17, 15) is 14.4 Å². The first-order valence-electron chi connectivity index (χ1n) is 10.8. The van der Waals surface area contributed by atoms with Gasteiger partial charge < -0.3 is 19.8 Å². The van der Waals surface area contributed by atoms with Gasteiger partial charge in [-0.3, -0.25) is 9.59 Å². The van der Waals surface area contributed by atoms with Crippen molar-refractivity contribution in [2.24, 2.45) is 0 Å². The SMILES string of the molecule is CCOC(=O)c1c(-c2ccccc2)csc1NC(=O)CSc1cccc(NC(=O)c2ccco2)c1. The van der Waals surface area contributed by atoms with Crippen molar-refractivity contribution < 1.29 is 23.5 Å². The number of ether oxygens (including phenoxy) is 1. The Labute approximate surface area is 210 Å². The van der Waals surface area contributed by atoms with Gasteiger partial charge in [-0.15, -0.1) is 23.1 Å². The van der Waals surface area contributed by atoms with E-state index in [4.69, 9.17) is 9.15 Å². The van der Waals surface area contributed by atoms with Crippen LogP contribution in [0.25, 0.3) is 11.1 Å². The van der Waals surface area contributed by atoms with Crippen LogP contribution in [0.4, 0.5) is 10.7 Å². The number of hydrogen-bond acceptors (Lipinski definition) is 7. The van der Waals surface area contributed by atoms with E-state index in [0.717, 1.165) is 16.0 Å².